The Bertz CT molecular complexity index is 396. The van der Waals surface area contributed by atoms with E-state index < -0.39 is 0 Å². The Labute approximate surface area is 92.8 Å². The van der Waals surface area contributed by atoms with Crippen molar-refractivity contribution in [1.82, 2.24) is 9.88 Å². The van der Waals surface area contributed by atoms with Crippen molar-refractivity contribution in [3.05, 3.63) is 16.6 Å². The Balaban J connectivity index is 1.98. The molecule has 2 heterocycles. The normalized spacial score (nSPS) is 30.7. The van der Waals surface area contributed by atoms with Gasteiger partial charge in [0, 0.05) is 17.6 Å². The number of hydrogen-bond donors (Lipinski definition) is 1. The Morgan fingerprint density at radius 3 is 3.00 bits per heavy atom. The van der Waals surface area contributed by atoms with Crippen LogP contribution in [-0.2, 0) is 5.54 Å². The Kier molecular flexibility index (Phi) is 1.80. The van der Waals surface area contributed by atoms with Crippen molar-refractivity contribution < 1.29 is 0 Å². The number of thiazole rings is 1. The molecule has 1 aromatic rings. The smallest absolute Gasteiger partial charge is 0.192 e. The van der Waals surface area contributed by atoms with E-state index in [1.165, 1.54) is 12.8 Å². The summed E-state index contributed by atoms with van der Waals surface area (Å²) in [6.07, 6.45) is 4.32. The zero-order valence-electron chi connectivity index (χ0n) is 8.68. The predicted octanol–water partition coefficient (Wildman–Crippen LogP) is 1.15. The first kappa shape index (κ1) is 9.15. The molecule has 4 nitrogen and oxygen atoms in total. The summed E-state index contributed by atoms with van der Waals surface area (Å²) in [4.78, 5) is 11.0. The van der Waals surface area contributed by atoms with E-state index in [0.717, 1.165) is 11.6 Å². The lowest BCUT2D eigenvalue weighted by molar-refractivity contribution is 0.215. The highest BCUT2D eigenvalue weighted by atomic mass is 32.1. The highest BCUT2D eigenvalue weighted by molar-refractivity contribution is 7.09. The van der Waals surface area contributed by atoms with Crippen LogP contribution >= 0.6 is 11.3 Å². The van der Waals surface area contributed by atoms with Crippen LogP contribution in [0.15, 0.2) is 16.6 Å². The van der Waals surface area contributed by atoms with Gasteiger partial charge in [-0.3, -0.25) is 4.99 Å². The third kappa shape index (κ3) is 1.26. The van der Waals surface area contributed by atoms with Crippen LogP contribution in [0.25, 0.3) is 0 Å². The molecule has 1 saturated carbocycles. The van der Waals surface area contributed by atoms with E-state index in [0.29, 0.717) is 12.0 Å². The highest BCUT2D eigenvalue weighted by Crippen LogP contribution is 2.41. The summed E-state index contributed by atoms with van der Waals surface area (Å²) >= 11 is 1.69. The van der Waals surface area contributed by atoms with Crippen LogP contribution in [-0.4, -0.2) is 28.4 Å². The number of nitrogens with zero attached hydrogens (tertiary/aromatic N) is 3. The van der Waals surface area contributed by atoms with Gasteiger partial charge in [0.05, 0.1) is 6.54 Å². The van der Waals surface area contributed by atoms with Crippen molar-refractivity contribution in [2.45, 2.75) is 31.3 Å². The summed E-state index contributed by atoms with van der Waals surface area (Å²) in [5.41, 5.74) is 5.86. The zero-order chi connectivity index (χ0) is 10.5. The fraction of sp³-hybridized carbons (Fsp3) is 0.600. The summed E-state index contributed by atoms with van der Waals surface area (Å²) in [5.74, 6) is 0.690. The quantitative estimate of drug-likeness (QED) is 0.816. The molecule has 0 amide bonds. The maximum Gasteiger partial charge on any atom is 0.192 e. The molecule has 1 unspecified atom stereocenters. The topological polar surface area (TPSA) is 54.5 Å². The van der Waals surface area contributed by atoms with Gasteiger partial charge in [-0.2, -0.15) is 0 Å². The molecule has 2 aliphatic rings. The van der Waals surface area contributed by atoms with Crippen LogP contribution in [0.2, 0.25) is 0 Å². The first-order valence-corrected chi connectivity index (χ1v) is 6.09. The molecule has 3 rings (SSSR count). The van der Waals surface area contributed by atoms with Crippen LogP contribution in [0.5, 0.6) is 0 Å². The van der Waals surface area contributed by atoms with Crippen molar-refractivity contribution in [2.75, 3.05) is 6.54 Å². The molecule has 0 bridgehead atoms. The first-order valence-electron chi connectivity index (χ1n) is 5.21. The number of nitrogens with two attached hydrogens (primary N) is 1. The molecule has 0 spiro atoms. The number of hydrogen-bond acceptors (Lipinski definition) is 5. The van der Waals surface area contributed by atoms with E-state index in [-0.39, 0.29) is 5.54 Å². The van der Waals surface area contributed by atoms with Crippen molar-refractivity contribution in [3.63, 3.8) is 0 Å². The van der Waals surface area contributed by atoms with Crippen molar-refractivity contribution in [3.8, 4) is 0 Å². The molecule has 1 atom stereocenters. The summed E-state index contributed by atoms with van der Waals surface area (Å²) in [6, 6.07) is 0.588. The second-order valence-corrected chi connectivity index (χ2v) is 5.28. The fourth-order valence-electron chi connectivity index (χ4n) is 2.22. The van der Waals surface area contributed by atoms with E-state index in [1.54, 1.807) is 11.3 Å². The van der Waals surface area contributed by atoms with E-state index in [4.69, 9.17) is 5.73 Å². The third-order valence-electron chi connectivity index (χ3n) is 3.13. The molecule has 0 radical (unpaired) electrons. The molecule has 1 fully saturated rings. The average Bonchev–Trinajstić information content (AvgIpc) is 2.80. The molecule has 2 N–H and O–H groups in total. The third-order valence-corrected chi connectivity index (χ3v) is 4.16. The van der Waals surface area contributed by atoms with Gasteiger partial charge < -0.3 is 10.6 Å². The average molecular weight is 222 g/mol. The minimum Gasteiger partial charge on any atom is -0.370 e. The minimum atomic E-state index is -0.0978. The van der Waals surface area contributed by atoms with Gasteiger partial charge in [-0.1, -0.05) is 0 Å². The second kappa shape index (κ2) is 2.95. The van der Waals surface area contributed by atoms with Gasteiger partial charge in [0.1, 0.15) is 10.5 Å². The van der Waals surface area contributed by atoms with Crippen LogP contribution in [0.4, 0.5) is 0 Å². The summed E-state index contributed by atoms with van der Waals surface area (Å²) < 4.78 is 0. The Morgan fingerprint density at radius 1 is 1.60 bits per heavy atom. The number of guanidine groups is 1. The van der Waals surface area contributed by atoms with Crippen molar-refractivity contribution in [1.29, 1.82) is 0 Å². The van der Waals surface area contributed by atoms with E-state index in [9.17, 15) is 0 Å². The molecule has 15 heavy (non-hydrogen) atoms. The van der Waals surface area contributed by atoms with E-state index in [2.05, 4.69) is 21.8 Å². The number of rotatable bonds is 2. The molecule has 1 aliphatic carbocycles. The molecular formula is C10H14N4S. The van der Waals surface area contributed by atoms with Crippen molar-refractivity contribution >= 4 is 17.3 Å². The molecule has 1 aliphatic heterocycles. The predicted molar refractivity (Wildman–Crippen MR) is 60.8 cm³/mol. The van der Waals surface area contributed by atoms with Crippen LogP contribution in [0.3, 0.4) is 0 Å². The molecule has 1 aromatic heterocycles. The lowest BCUT2D eigenvalue weighted by atomic mass is 10.0. The van der Waals surface area contributed by atoms with Crippen LogP contribution in [0, 0.1) is 0 Å². The molecule has 80 valence electrons. The van der Waals surface area contributed by atoms with Gasteiger partial charge in [-0.25, -0.2) is 4.98 Å². The molecule has 5 heteroatoms. The standard InChI is InChI=1S/C10H14N4S/c1-10(8-12-4-5-15-8)6-13-9(11)14(10)7-2-3-7/h4-5,7H,2-3,6H2,1H3,(H2,11,13). The van der Waals surface area contributed by atoms with E-state index in [1.807, 2.05) is 11.6 Å². The largest absolute Gasteiger partial charge is 0.370 e. The Hall–Kier alpha value is -1.10. The number of aromatic nitrogens is 1. The van der Waals surface area contributed by atoms with Crippen molar-refractivity contribution in [2.24, 2.45) is 10.7 Å². The van der Waals surface area contributed by atoms with Gasteiger partial charge in [-0.05, 0) is 19.8 Å². The summed E-state index contributed by atoms with van der Waals surface area (Å²) in [7, 11) is 0. The summed E-state index contributed by atoms with van der Waals surface area (Å²) in [5, 5.41) is 3.14. The van der Waals surface area contributed by atoms with Crippen LogP contribution < -0.4 is 5.73 Å². The summed E-state index contributed by atoms with van der Waals surface area (Å²) in [6.45, 7) is 2.93. The van der Waals surface area contributed by atoms with Gasteiger partial charge >= 0.3 is 0 Å². The molecule has 0 saturated heterocycles. The number of aliphatic imine (C=N–C) groups is 1. The first-order chi connectivity index (χ1) is 7.22. The fourth-order valence-corrected chi connectivity index (χ4v) is 3.01. The Morgan fingerprint density at radius 2 is 2.40 bits per heavy atom. The highest BCUT2D eigenvalue weighted by Gasteiger charge is 2.48. The monoisotopic (exact) mass is 222 g/mol. The van der Waals surface area contributed by atoms with E-state index >= 15 is 0 Å². The van der Waals surface area contributed by atoms with Gasteiger partial charge in [0.15, 0.2) is 5.96 Å². The molecular weight excluding hydrogens is 208 g/mol. The lowest BCUT2D eigenvalue weighted by Crippen LogP contribution is -2.48. The second-order valence-electron chi connectivity index (χ2n) is 4.39. The SMILES string of the molecule is CC1(c2nccs2)CN=C(N)N1C1CC1. The van der Waals surface area contributed by atoms with Crippen LogP contribution in [0.1, 0.15) is 24.8 Å². The zero-order valence-corrected chi connectivity index (χ0v) is 9.50. The maximum atomic E-state index is 5.95. The lowest BCUT2D eigenvalue weighted by Gasteiger charge is -2.34. The van der Waals surface area contributed by atoms with Gasteiger partial charge in [0.25, 0.3) is 0 Å². The minimum absolute atomic E-state index is 0.0978. The van der Waals surface area contributed by atoms with Gasteiger partial charge in [-0.15, -0.1) is 11.3 Å². The maximum absolute atomic E-state index is 5.95. The van der Waals surface area contributed by atoms with Gasteiger partial charge in [0.2, 0.25) is 0 Å². The molecule has 0 aromatic carbocycles.